The molecular formula is C25H22N2O4S. The summed E-state index contributed by atoms with van der Waals surface area (Å²) in [5.74, 6) is 0.369. The second-order valence-electron chi connectivity index (χ2n) is 7.73. The molecule has 1 amide bonds. The molecule has 0 atom stereocenters. The Morgan fingerprint density at radius 3 is 2.47 bits per heavy atom. The van der Waals surface area contributed by atoms with E-state index in [1.807, 2.05) is 30.3 Å². The Morgan fingerprint density at radius 2 is 1.81 bits per heavy atom. The third-order valence-electron chi connectivity index (χ3n) is 4.73. The lowest BCUT2D eigenvalue weighted by atomic mass is 10.1. The molecule has 1 N–H and O–H groups in total. The maximum absolute atomic E-state index is 13.1. The van der Waals surface area contributed by atoms with E-state index >= 15 is 0 Å². The van der Waals surface area contributed by atoms with Gasteiger partial charge in [0.2, 0.25) is 0 Å². The maximum atomic E-state index is 13.1. The average molecular weight is 447 g/mol. The summed E-state index contributed by atoms with van der Waals surface area (Å²) < 4.78 is 5.90. The van der Waals surface area contributed by atoms with Crippen molar-refractivity contribution in [3.8, 4) is 11.3 Å². The molecule has 4 rings (SSSR count). The fourth-order valence-corrected chi connectivity index (χ4v) is 4.21. The van der Waals surface area contributed by atoms with Gasteiger partial charge in [0, 0.05) is 18.2 Å². The van der Waals surface area contributed by atoms with Gasteiger partial charge in [0.15, 0.2) is 5.17 Å². The van der Waals surface area contributed by atoms with E-state index in [2.05, 4.69) is 18.8 Å². The summed E-state index contributed by atoms with van der Waals surface area (Å²) >= 11 is 1.33. The van der Waals surface area contributed by atoms with Crippen molar-refractivity contribution < 1.29 is 19.1 Å². The monoisotopic (exact) mass is 446 g/mol. The van der Waals surface area contributed by atoms with E-state index in [0.29, 0.717) is 34.1 Å². The molecule has 0 bridgehead atoms. The number of thioether (sulfide) groups is 1. The topological polar surface area (TPSA) is 83.1 Å². The zero-order valence-electron chi connectivity index (χ0n) is 17.7. The molecule has 2 heterocycles. The van der Waals surface area contributed by atoms with Gasteiger partial charge in [-0.2, -0.15) is 0 Å². The summed E-state index contributed by atoms with van der Waals surface area (Å²) in [6.07, 6.45) is 1.73. The molecule has 1 aromatic heterocycles. The highest BCUT2D eigenvalue weighted by molar-refractivity contribution is 8.18. The van der Waals surface area contributed by atoms with Crippen LogP contribution in [0.4, 0.5) is 5.69 Å². The number of amides is 1. The zero-order valence-corrected chi connectivity index (χ0v) is 18.5. The number of hydrogen-bond acceptors (Lipinski definition) is 5. The zero-order chi connectivity index (χ0) is 22.7. The van der Waals surface area contributed by atoms with Gasteiger partial charge in [0.05, 0.1) is 16.2 Å². The third-order valence-corrected chi connectivity index (χ3v) is 5.74. The van der Waals surface area contributed by atoms with Gasteiger partial charge in [0.25, 0.3) is 5.91 Å². The van der Waals surface area contributed by atoms with Crippen LogP contribution in [0.5, 0.6) is 0 Å². The highest BCUT2D eigenvalue weighted by Crippen LogP contribution is 2.35. The Labute approximate surface area is 190 Å². The molecule has 0 aliphatic carbocycles. The van der Waals surface area contributed by atoms with Crippen molar-refractivity contribution in [2.75, 3.05) is 6.54 Å². The minimum atomic E-state index is -0.975. The number of amidine groups is 1. The number of benzene rings is 2. The fourth-order valence-electron chi connectivity index (χ4n) is 3.22. The van der Waals surface area contributed by atoms with Crippen LogP contribution in [0, 0.1) is 5.92 Å². The van der Waals surface area contributed by atoms with Crippen LogP contribution < -0.4 is 0 Å². The van der Waals surface area contributed by atoms with Crippen molar-refractivity contribution in [2.45, 2.75) is 13.8 Å². The van der Waals surface area contributed by atoms with Crippen molar-refractivity contribution in [3.05, 3.63) is 83.0 Å². The molecule has 1 fully saturated rings. The lowest BCUT2D eigenvalue weighted by Gasteiger charge is -2.17. The molecule has 0 saturated carbocycles. The minimum absolute atomic E-state index is 0.0952. The van der Waals surface area contributed by atoms with E-state index in [0.717, 1.165) is 11.3 Å². The van der Waals surface area contributed by atoms with Crippen molar-refractivity contribution in [2.24, 2.45) is 10.9 Å². The molecule has 1 saturated heterocycles. The summed E-state index contributed by atoms with van der Waals surface area (Å²) in [6, 6.07) is 19.6. The van der Waals surface area contributed by atoms with Crippen LogP contribution in [-0.4, -0.2) is 33.6 Å². The standard InChI is InChI=1S/C25H22N2O4S/c1-16(2)15-27-23(28)22(32-25(27)26-19-6-4-3-5-7-19)14-20-12-13-21(31-20)17-8-10-18(11-9-17)24(29)30/h3-14,16H,15H2,1-2H3,(H,29,30)/b22-14-,26-25?. The Balaban J connectivity index is 1.60. The van der Waals surface area contributed by atoms with Gasteiger partial charge < -0.3 is 9.52 Å². The predicted octanol–water partition coefficient (Wildman–Crippen LogP) is 5.90. The van der Waals surface area contributed by atoms with Gasteiger partial charge in [-0.15, -0.1) is 0 Å². The summed E-state index contributed by atoms with van der Waals surface area (Å²) in [5.41, 5.74) is 1.77. The van der Waals surface area contributed by atoms with Gasteiger partial charge in [-0.25, -0.2) is 9.79 Å². The fraction of sp³-hybridized carbons (Fsp3) is 0.160. The average Bonchev–Trinajstić information content (AvgIpc) is 3.35. The second kappa shape index (κ2) is 9.28. The lowest BCUT2D eigenvalue weighted by Crippen LogP contribution is -2.32. The predicted molar refractivity (Wildman–Crippen MR) is 127 cm³/mol. The minimum Gasteiger partial charge on any atom is -0.478 e. The molecule has 162 valence electrons. The Kier molecular flexibility index (Phi) is 6.28. The molecular weight excluding hydrogens is 424 g/mol. The second-order valence-corrected chi connectivity index (χ2v) is 8.74. The van der Waals surface area contributed by atoms with Crippen LogP contribution in [0.25, 0.3) is 17.4 Å². The van der Waals surface area contributed by atoms with Crippen molar-refractivity contribution >= 4 is 40.6 Å². The SMILES string of the molecule is CC(C)CN1C(=O)/C(=C/c2ccc(-c3ccc(C(=O)O)cc3)o2)SC1=Nc1ccccc1. The first kappa shape index (κ1) is 21.6. The van der Waals surface area contributed by atoms with Gasteiger partial charge >= 0.3 is 5.97 Å². The Morgan fingerprint density at radius 1 is 1.09 bits per heavy atom. The van der Waals surface area contributed by atoms with Crippen LogP contribution in [0.1, 0.15) is 30.0 Å². The number of carbonyl (C=O) groups excluding carboxylic acids is 1. The van der Waals surface area contributed by atoms with E-state index in [9.17, 15) is 9.59 Å². The van der Waals surface area contributed by atoms with Crippen molar-refractivity contribution in [1.29, 1.82) is 0 Å². The molecule has 3 aromatic rings. The molecule has 2 aromatic carbocycles. The van der Waals surface area contributed by atoms with Crippen molar-refractivity contribution in [1.82, 2.24) is 4.90 Å². The molecule has 0 radical (unpaired) electrons. The number of carboxylic acids is 1. The summed E-state index contributed by atoms with van der Waals surface area (Å²) in [4.78, 5) is 31.0. The number of hydrogen-bond donors (Lipinski definition) is 1. The van der Waals surface area contributed by atoms with E-state index in [1.54, 1.807) is 35.2 Å². The number of para-hydroxylation sites is 1. The Bertz CT molecular complexity index is 1190. The number of aromatic carboxylic acids is 1. The van der Waals surface area contributed by atoms with Gasteiger partial charge in [-0.3, -0.25) is 9.69 Å². The van der Waals surface area contributed by atoms with Crippen LogP contribution in [0.3, 0.4) is 0 Å². The number of carboxylic acid groups (broad SMARTS) is 1. The molecule has 32 heavy (non-hydrogen) atoms. The van der Waals surface area contributed by atoms with Gasteiger partial charge in [-0.1, -0.05) is 44.2 Å². The first-order chi connectivity index (χ1) is 15.4. The molecule has 0 spiro atoms. The lowest BCUT2D eigenvalue weighted by molar-refractivity contribution is -0.122. The number of aliphatic imine (C=N–C) groups is 1. The van der Waals surface area contributed by atoms with E-state index in [1.165, 1.54) is 23.9 Å². The molecule has 0 unspecified atom stereocenters. The molecule has 1 aliphatic rings. The summed E-state index contributed by atoms with van der Waals surface area (Å²) in [7, 11) is 0. The molecule has 7 heteroatoms. The molecule has 6 nitrogen and oxygen atoms in total. The normalized spacial score (nSPS) is 16.5. The number of nitrogens with zero attached hydrogens (tertiary/aromatic N) is 2. The largest absolute Gasteiger partial charge is 0.478 e. The number of rotatable bonds is 6. The van der Waals surface area contributed by atoms with Crippen LogP contribution in [0.2, 0.25) is 0 Å². The smallest absolute Gasteiger partial charge is 0.335 e. The number of furan rings is 1. The van der Waals surface area contributed by atoms with Gasteiger partial charge in [0.1, 0.15) is 11.5 Å². The first-order valence-corrected chi connectivity index (χ1v) is 11.0. The quantitative estimate of drug-likeness (QED) is 0.476. The van der Waals surface area contributed by atoms with Crippen LogP contribution in [0.15, 0.2) is 81.0 Å². The number of carbonyl (C=O) groups is 2. The highest BCUT2D eigenvalue weighted by Gasteiger charge is 2.34. The Hall–Kier alpha value is -3.58. The van der Waals surface area contributed by atoms with E-state index in [4.69, 9.17) is 9.52 Å². The van der Waals surface area contributed by atoms with Crippen LogP contribution in [-0.2, 0) is 4.79 Å². The van der Waals surface area contributed by atoms with E-state index < -0.39 is 5.97 Å². The van der Waals surface area contributed by atoms with Gasteiger partial charge in [-0.05, 0) is 54.1 Å². The first-order valence-electron chi connectivity index (χ1n) is 10.2. The third kappa shape index (κ3) is 4.84. The van der Waals surface area contributed by atoms with Crippen molar-refractivity contribution in [3.63, 3.8) is 0 Å². The van der Waals surface area contributed by atoms with Crippen LogP contribution >= 0.6 is 11.8 Å². The summed E-state index contributed by atoms with van der Waals surface area (Å²) in [5, 5.41) is 9.70. The maximum Gasteiger partial charge on any atom is 0.335 e. The summed E-state index contributed by atoms with van der Waals surface area (Å²) in [6.45, 7) is 4.70. The molecule has 1 aliphatic heterocycles. The van der Waals surface area contributed by atoms with E-state index in [-0.39, 0.29) is 11.5 Å². The highest BCUT2D eigenvalue weighted by atomic mass is 32.2.